The highest BCUT2D eigenvalue weighted by Crippen LogP contribution is 2.10. The lowest BCUT2D eigenvalue weighted by molar-refractivity contribution is -0.142. The van der Waals surface area contributed by atoms with Gasteiger partial charge in [0.2, 0.25) is 0 Å². The van der Waals surface area contributed by atoms with Gasteiger partial charge in [-0.1, -0.05) is 6.08 Å². The first-order valence-electron chi connectivity index (χ1n) is 5.17. The molecule has 2 N–H and O–H groups in total. The average molecular weight is 220 g/mol. The van der Waals surface area contributed by atoms with Crippen LogP contribution in [0.5, 0.6) is 0 Å². The molecule has 4 heteroatoms. The van der Waals surface area contributed by atoms with Crippen molar-refractivity contribution in [3.8, 4) is 0 Å². The van der Waals surface area contributed by atoms with E-state index < -0.39 is 0 Å². The van der Waals surface area contributed by atoms with Gasteiger partial charge in [0.15, 0.2) is 0 Å². The Labute approximate surface area is 95.1 Å². The van der Waals surface area contributed by atoms with Gasteiger partial charge in [-0.2, -0.15) is 0 Å². The van der Waals surface area contributed by atoms with Gasteiger partial charge in [-0.3, -0.25) is 9.78 Å². The molecular formula is C12H16N2O2. The third kappa shape index (κ3) is 3.73. The summed E-state index contributed by atoms with van der Waals surface area (Å²) in [6.45, 7) is 4.11. The molecule has 0 spiro atoms. The Bertz CT molecular complexity index is 400. The second-order valence-corrected chi connectivity index (χ2v) is 3.38. The van der Waals surface area contributed by atoms with E-state index in [1.54, 1.807) is 25.3 Å². The highest BCUT2D eigenvalue weighted by molar-refractivity contribution is 5.72. The number of nitrogens with zero attached hydrogens (tertiary/aromatic N) is 1. The maximum atomic E-state index is 11.0. The molecule has 1 aromatic heterocycles. The van der Waals surface area contributed by atoms with Crippen molar-refractivity contribution < 1.29 is 9.53 Å². The van der Waals surface area contributed by atoms with E-state index in [2.05, 4.69) is 4.98 Å². The minimum absolute atomic E-state index is 0.231. The molecule has 16 heavy (non-hydrogen) atoms. The second-order valence-electron chi connectivity index (χ2n) is 3.38. The Morgan fingerprint density at radius 3 is 3.00 bits per heavy atom. The lowest BCUT2D eigenvalue weighted by Gasteiger charge is -2.00. The molecule has 0 unspecified atom stereocenters. The number of rotatable bonds is 4. The van der Waals surface area contributed by atoms with Gasteiger partial charge in [-0.05, 0) is 31.6 Å². The molecule has 0 amide bonds. The Morgan fingerprint density at radius 2 is 2.38 bits per heavy atom. The highest BCUT2D eigenvalue weighted by atomic mass is 16.5. The van der Waals surface area contributed by atoms with Gasteiger partial charge < -0.3 is 10.5 Å². The number of hydrogen-bond donors (Lipinski definition) is 1. The third-order valence-electron chi connectivity index (χ3n) is 2.05. The topological polar surface area (TPSA) is 65.2 Å². The molecule has 0 aromatic carbocycles. The van der Waals surface area contributed by atoms with Gasteiger partial charge in [0.25, 0.3) is 0 Å². The largest absolute Gasteiger partial charge is 0.466 e. The molecule has 0 fully saturated rings. The first-order chi connectivity index (χ1) is 7.63. The molecule has 0 aliphatic rings. The standard InChI is InChI=1S/C12H16N2O2/c1-3-16-12(15)6-4-5-10-7-9(2)11(13)8-14-10/h4-5,7-8H,3,6,13H2,1-2H3. The van der Waals surface area contributed by atoms with E-state index in [-0.39, 0.29) is 12.4 Å². The van der Waals surface area contributed by atoms with Gasteiger partial charge in [-0.25, -0.2) is 0 Å². The molecule has 1 aromatic rings. The number of anilines is 1. The number of aromatic nitrogens is 1. The SMILES string of the molecule is CCOC(=O)CC=Cc1cc(C)c(N)cn1. The number of nitrogen functional groups attached to an aromatic ring is 1. The maximum absolute atomic E-state index is 11.0. The van der Waals surface area contributed by atoms with Crippen LogP contribution in [-0.2, 0) is 9.53 Å². The number of nitrogens with two attached hydrogens (primary N) is 1. The number of carbonyl (C=O) groups excluding carboxylic acids is 1. The Kier molecular flexibility index (Phi) is 4.51. The summed E-state index contributed by atoms with van der Waals surface area (Å²) in [4.78, 5) is 15.2. The van der Waals surface area contributed by atoms with E-state index >= 15 is 0 Å². The summed E-state index contributed by atoms with van der Waals surface area (Å²) in [6, 6.07) is 1.87. The summed E-state index contributed by atoms with van der Waals surface area (Å²) in [5, 5.41) is 0. The van der Waals surface area contributed by atoms with Gasteiger partial charge in [0, 0.05) is 0 Å². The predicted octanol–water partition coefficient (Wildman–Crippen LogP) is 1.94. The molecule has 0 bridgehead atoms. The molecule has 0 radical (unpaired) electrons. The molecule has 0 saturated heterocycles. The fourth-order valence-corrected chi connectivity index (χ4v) is 1.18. The number of hydrogen-bond acceptors (Lipinski definition) is 4. The monoisotopic (exact) mass is 220 g/mol. The molecule has 0 saturated carbocycles. The minimum Gasteiger partial charge on any atom is -0.466 e. The van der Waals surface area contributed by atoms with E-state index in [4.69, 9.17) is 10.5 Å². The van der Waals surface area contributed by atoms with Gasteiger partial charge in [-0.15, -0.1) is 0 Å². The predicted molar refractivity (Wildman–Crippen MR) is 63.7 cm³/mol. The van der Waals surface area contributed by atoms with Crippen LogP contribution in [0, 0.1) is 6.92 Å². The smallest absolute Gasteiger partial charge is 0.309 e. The van der Waals surface area contributed by atoms with Crippen LogP contribution in [0.4, 0.5) is 5.69 Å². The van der Waals surface area contributed by atoms with Crippen molar-refractivity contribution in [2.75, 3.05) is 12.3 Å². The van der Waals surface area contributed by atoms with Gasteiger partial charge in [0.05, 0.1) is 30.6 Å². The van der Waals surface area contributed by atoms with Crippen LogP contribution in [0.2, 0.25) is 0 Å². The van der Waals surface area contributed by atoms with Crippen LogP contribution in [-0.4, -0.2) is 17.6 Å². The maximum Gasteiger partial charge on any atom is 0.309 e. The van der Waals surface area contributed by atoms with Crippen LogP contribution in [0.25, 0.3) is 6.08 Å². The Hall–Kier alpha value is -1.84. The van der Waals surface area contributed by atoms with E-state index in [0.717, 1.165) is 11.3 Å². The van der Waals surface area contributed by atoms with Gasteiger partial charge in [0.1, 0.15) is 0 Å². The summed E-state index contributed by atoms with van der Waals surface area (Å²) in [5.41, 5.74) is 8.08. The first kappa shape index (κ1) is 12.2. The molecule has 1 rings (SSSR count). The summed E-state index contributed by atoms with van der Waals surface area (Å²) in [5.74, 6) is -0.231. The molecule has 86 valence electrons. The minimum atomic E-state index is -0.231. The zero-order chi connectivity index (χ0) is 12.0. The number of aryl methyl sites for hydroxylation is 1. The van der Waals surface area contributed by atoms with Gasteiger partial charge >= 0.3 is 5.97 Å². The summed E-state index contributed by atoms with van der Waals surface area (Å²) in [6.07, 6.45) is 5.39. The van der Waals surface area contributed by atoms with Crippen molar-refractivity contribution in [3.05, 3.63) is 29.6 Å². The number of carbonyl (C=O) groups is 1. The Morgan fingerprint density at radius 1 is 1.62 bits per heavy atom. The zero-order valence-corrected chi connectivity index (χ0v) is 9.56. The van der Waals surface area contributed by atoms with Crippen molar-refractivity contribution in [2.45, 2.75) is 20.3 Å². The van der Waals surface area contributed by atoms with Crippen LogP contribution < -0.4 is 5.73 Å². The molecule has 1 heterocycles. The van der Waals surface area contributed by atoms with Crippen molar-refractivity contribution in [3.63, 3.8) is 0 Å². The molecule has 0 aliphatic carbocycles. The van der Waals surface area contributed by atoms with Crippen LogP contribution >= 0.6 is 0 Å². The number of ether oxygens (including phenoxy) is 1. The molecular weight excluding hydrogens is 204 g/mol. The van der Waals surface area contributed by atoms with Crippen LogP contribution in [0.15, 0.2) is 18.3 Å². The van der Waals surface area contributed by atoms with Crippen molar-refractivity contribution >= 4 is 17.7 Å². The fourth-order valence-electron chi connectivity index (χ4n) is 1.18. The summed E-state index contributed by atoms with van der Waals surface area (Å²) < 4.78 is 4.79. The quantitative estimate of drug-likeness (QED) is 0.787. The van der Waals surface area contributed by atoms with E-state index in [1.165, 1.54) is 0 Å². The van der Waals surface area contributed by atoms with Crippen molar-refractivity contribution in [1.82, 2.24) is 4.98 Å². The first-order valence-corrected chi connectivity index (χ1v) is 5.17. The molecule has 0 aliphatic heterocycles. The van der Waals surface area contributed by atoms with E-state index in [0.29, 0.717) is 12.3 Å². The van der Waals surface area contributed by atoms with Crippen LogP contribution in [0.1, 0.15) is 24.6 Å². The highest BCUT2D eigenvalue weighted by Gasteiger charge is 1.98. The van der Waals surface area contributed by atoms with E-state index in [1.807, 2.05) is 13.0 Å². The van der Waals surface area contributed by atoms with Crippen molar-refractivity contribution in [1.29, 1.82) is 0 Å². The number of pyridine rings is 1. The lowest BCUT2D eigenvalue weighted by Crippen LogP contribution is -2.01. The molecule has 4 nitrogen and oxygen atoms in total. The zero-order valence-electron chi connectivity index (χ0n) is 9.56. The van der Waals surface area contributed by atoms with Crippen molar-refractivity contribution in [2.24, 2.45) is 0 Å². The summed E-state index contributed by atoms with van der Waals surface area (Å²) >= 11 is 0. The average Bonchev–Trinajstić information content (AvgIpc) is 2.24. The van der Waals surface area contributed by atoms with Crippen LogP contribution in [0.3, 0.4) is 0 Å². The molecule has 0 atom stereocenters. The van der Waals surface area contributed by atoms with E-state index in [9.17, 15) is 4.79 Å². The Balaban J connectivity index is 2.56. The second kappa shape index (κ2) is 5.90. The third-order valence-corrected chi connectivity index (χ3v) is 2.05. The summed E-state index contributed by atoms with van der Waals surface area (Å²) in [7, 11) is 0. The number of esters is 1. The lowest BCUT2D eigenvalue weighted by atomic mass is 10.2. The normalized spacial score (nSPS) is 10.6. The fraction of sp³-hybridized carbons (Fsp3) is 0.333.